The minimum atomic E-state index is -0.516. The minimum absolute atomic E-state index is 0.00366. The fourth-order valence-corrected chi connectivity index (χ4v) is 5.94. The number of hydrogen-bond donors (Lipinski definition) is 3. The first kappa shape index (κ1) is 30.2. The molecule has 2 amide bonds. The van der Waals surface area contributed by atoms with Crippen LogP contribution in [0.2, 0.25) is 0 Å². The number of rotatable bonds is 11. The van der Waals surface area contributed by atoms with Crippen molar-refractivity contribution in [1.82, 2.24) is 15.5 Å². The lowest BCUT2D eigenvalue weighted by Crippen LogP contribution is -2.42. The standard InChI is InChI=1S/C34H43N3O5/c1-3-35-34(39)36-20-25-7-4-8-27(17-25)28-9-5-10-29(18-28)33-41-31(21-37-16-6-11-30(37)23-40-2)19-32(42-33)26-14-12-24(22-38)13-15-26/h4-5,7-10,12-15,17-18,30-33,38H,3,6,11,16,19-23H2,1-2H3,(H2,35,36,39). The number of ether oxygens (including phenoxy) is 3. The third-order valence-electron chi connectivity index (χ3n) is 8.12. The fourth-order valence-electron chi connectivity index (χ4n) is 5.94. The van der Waals surface area contributed by atoms with Crippen LogP contribution in [0.1, 0.15) is 60.8 Å². The molecular formula is C34H43N3O5. The van der Waals surface area contributed by atoms with Gasteiger partial charge >= 0.3 is 6.03 Å². The van der Waals surface area contributed by atoms with Crippen molar-refractivity contribution >= 4 is 6.03 Å². The largest absolute Gasteiger partial charge is 0.392 e. The summed E-state index contributed by atoms with van der Waals surface area (Å²) in [6, 6.07) is 24.8. The Balaban J connectivity index is 1.36. The number of nitrogens with zero attached hydrogens (tertiary/aromatic N) is 1. The van der Waals surface area contributed by atoms with Gasteiger partial charge < -0.3 is 30.0 Å². The molecule has 2 saturated heterocycles. The summed E-state index contributed by atoms with van der Waals surface area (Å²) < 4.78 is 18.8. The molecule has 224 valence electrons. The van der Waals surface area contributed by atoms with Gasteiger partial charge in [0.1, 0.15) is 0 Å². The topological polar surface area (TPSA) is 92.3 Å². The second-order valence-corrected chi connectivity index (χ2v) is 11.1. The predicted octanol–water partition coefficient (Wildman–Crippen LogP) is 5.32. The van der Waals surface area contributed by atoms with Crippen molar-refractivity contribution in [3.8, 4) is 11.1 Å². The molecule has 2 aliphatic rings. The second-order valence-electron chi connectivity index (χ2n) is 11.1. The van der Waals surface area contributed by atoms with Crippen LogP contribution in [0.5, 0.6) is 0 Å². The summed E-state index contributed by atoms with van der Waals surface area (Å²) in [5.74, 6) is 0. The van der Waals surface area contributed by atoms with Gasteiger partial charge in [-0.1, -0.05) is 60.7 Å². The second kappa shape index (κ2) is 14.8. The first-order valence-electron chi connectivity index (χ1n) is 15.0. The van der Waals surface area contributed by atoms with Crippen LogP contribution in [0.4, 0.5) is 4.79 Å². The van der Waals surface area contributed by atoms with Gasteiger partial charge in [0.25, 0.3) is 0 Å². The molecule has 0 spiro atoms. The molecule has 2 heterocycles. The lowest BCUT2D eigenvalue weighted by Gasteiger charge is -2.39. The Bertz CT molecular complexity index is 1300. The number of carbonyl (C=O) groups excluding carboxylic acids is 1. The van der Waals surface area contributed by atoms with Crippen molar-refractivity contribution in [1.29, 1.82) is 0 Å². The maximum Gasteiger partial charge on any atom is 0.315 e. The van der Waals surface area contributed by atoms with Gasteiger partial charge in [-0.3, -0.25) is 4.90 Å². The maximum absolute atomic E-state index is 11.9. The lowest BCUT2D eigenvalue weighted by molar-refractivity contribution is -0.253. The monoisotopic (exact) mass is 573 g/mol. The average Bonchev–Trinajstić information content (AvgIpc) is 3.46. The lowest BCUT2D eigenvalue weighted by atomic mass is 9.98. The SMILES string of the molecule is CCNC(=O)NCc1cccc(-c2cccc(C3OC(CN4CCCC4COC)CC(c4ccc(CO)cc4)O3)c2)c1. The van der Waals surface area contributed by atoms with Crippen LogP contribution in [-0.2, 0) is 27.4 Å². The van der Waals surface area contributed by atoms with Crippen LogP contribution in [-0.4, -0.2) is 61.5 Å². The van der Waals surface area contributed by atoms with Gasteiger partial charge in [0.15, 0.2) is 6.29 Å². The number of likely N-dealkylation sites (tertiary alicyclic amines) is 1. The molecule has 5 rings (SSSR count). The summed E-state index contributed by atoms with van der Waals surface area (Å²) in [6.07, 6.45) is 2.43. The predicted molar refractivity (Wildman–Crippen MR) is 163 cm³/mol. The highest BCUT2D eigenvalue weighted by Gasteiger charge is 2.35. The summed E-state index contributed by atoms with van der Waals surface area (Å²) in [7, 11) is 1.77. The number of benzene rings is 3. The maximum atomic E-state index is 11.9. The van der Waals surface area contributed by atoms with Crippen LogP contribution in [0.25, 0.3) is 11.1 Å². The normalized spacial score (nSPS) is 22.6. The van der Waals surface area contributed by atoms with E-state index in [9.17, 15) is 9.90 Å². The first-order chi connectivity index (χ1) is 20.6. The van der Waals surface area contributed by atoms with Gasteiger partial charge in [0.2, 0.25) is 0 Å². The van der Waals surface area contributed by atoms with Crippen molar-refractivity contribution in [2.75, 3.05) is 33.4 Å². The van der Waals surface area contributed by atoms with Gasteiger partial charge in [0, 0.05) is 44.8 Å². The first-order valence-corrected chi connectivity index (χ1v) is 15.0. The van der Waals surface area contributed by atoms with E-state index in [4.69, 9.17) is 14.2 Å². The van der Waals surface area contributed by atoms with E-state index in [1.165, 1.54) is 6.42 Å². The van der Waals surface area contributed by atoms with Crippen molar-refractivity contribution in [2.45, 2.75) is 63.9 Å². The van der Waals surface area contributed by atoms with Crippen molar-refractivity contribution in [2.24, 2.45) is 0 Å². The molecule has 0 aliphatic carbocycles. The molecule has 4 atom stereocenters. The zero-order valence-electron chi connectivity index (χ0n) is 24.6. The van der Waals surface area contributed by atoms with Crippen LogP contribution in [0, 0.1) is 0 Å². The molecule has 8 heteroatoms. The van der Waals surface area contributed by atoms with E-state index in [-0.39, 0.29) is 24.8 Å². The highest BCUT2D eigenvalue weighted by Crippen LogP contribution is 2.39. The number of amides is 2. The van der Waals surface area contributed by atoms with Gasteiger partial charge in [-0.05, 0) is 66.3 Å². The van der Waals surface area contributed by atoms with Crippen LogP contribution in [0.3, 0.4) is 0 Å². The Morgan fingerprint density at radius 1 is 0.976 bits per heavy atom. The molecule has 3 aromatic rings. The Labute approximate surface area is 249 Å². The van der Waals surface area contributed by atoms with E-state index in [0.29, 0.717) is 19.1 Å². The van der Waals surface area contributed by atoms with E-state index < -0.39 is 6.29 Å². The molecule has 42 heavy (non-hydrogen) atoms. The number of nitrogens with one attached hydrogen (secondary N) is 2. The summed E-state index contributed by atoms with van der Waals surface area (Å²) in [6.45, 7) is 5.58. The Morgan fingerprint density at radius 2 is 1.76 bits per heavy atom. The van der Waals surface area contributed by atoms with Crippen LogP contribution in [0.15, 0.2) is 72.8 Å². The smallest absolute Gasteiger partial charge is 0.315 e. The summed E-state index contributed by atoms with van der Waals surface area (Å²) in [4.78, 5) is 14.4. The molecule has 3 aromatic carbocycles. The van der Waals surface area contributed by atoms with Gasteiger partial charge in [-0.15, -0.1) is 0 Å². The number of aliphatic hydroxyl groups excluding tert-OH is 1. The number of urea groups is 1. The molecule has 0 bridgehead atoms. The Hall–Kier alpha value is -3.27. The Morgan fingerprint density at radius 3 is 2.52 bits per heavy atom. The molecule has 0 aromatic heterocycles. The number of aliphatic hydroxyl groups is 1. The van der Waals surface area contributed by atoms with E-state index in [1.807, 2.05) is 37.3 Å². The molecule has 0 radical (unpaired) electrons. The number of carbonyl (C=O) groups is 1. The molecule has 3 N–H and O–H groups in total. The molecule has 2 fully saturated rings. The Kier molecular flexibility index (Phi) is 10.6. The highest BCUT2D eigenvalue weighted by molar-refractivity contribution is 5.74. The molecule has 0 saturated carbocycles. The van der Waals surface area contributed by atoms with Crippen molar-refractivity contribution in [3.63, 3.8) is 0 Å². The molecule has 4 unspecified atom stereocenters. The van der Waals surface area contributed by atoms with Crippen LogP contribution >= 0.6 is 0 Å². The summed E-state index contributed by atoms with van der Waals surface area (Å²) >= 11 is 0. The average molecular weight is 574 g/mol. The van der Waals surface area contributed by atoms with E-state index in [0.717, 1.165) is 65.9 Å². The van der Waals surface area contributed by atoms with E-state index in [2.05, 4.69) is 58.0 Å². The highest BCUT2D eigenvalue weighted by atomic mass is 16.7. The minimum Gasteiger partial charge on any atom is -0.392 e. The summed E-state index contributed by atoms with van der Waals surface area (Å²) in [5, 5.41) is 15.2. The summed E-state index contributed by atoms with van der Waals surface area (Å²) in [5.41, 5.74) is 6.09. The number of methoxy groups -OCH3 is 1. The molecule has 8 nitrogen and oxygen atoms in total. The fraction of sp³-hybridized carbons (Fsp3) is 0.441. The zero-order valence-corrected chi connectivity index (χ0v) is 24.6. The van der Waals surface area contributed by atoms with E-state index in [1.54, 1.807) is 7.11 Å². The zero-order chi connectivity index (χ0) is 29.3. The number of hydrogen-bond acceptors (Lipinski definition) is 6. The van der Waals surface area contributed by atoms with Gasteiger partial charge in [-0.2, -0.15) is 0 Å². The van der Waals surface area contributed by atoms with Gasteiger partial charge in [-0.25, -0.2) is 4.79 Å². The quantitative estimate of drug-likeness (QED) is 0.288. The van der Waals surface area contributed by atoms with Crippen molar-refractivity contribution < 1.29 is 24.1 Å². The third kappa shape index (κ3) is 7.76. The van der Waals surface area contributed by atoms with E-state index >= 15 is 0 Å². The van der Waals surface area contributed by atoms with Gasteiger partial charge in [0.05, 0.1) is 25.4 Å². The third-order valence-corrected chi connectivity index (χ3v) is 8.12. The molecule has 2 aliphatic heterocycles. The van der Waals surface area contributed by atoms with Crippen molar-refractivity contribution in [3.05, 3.63) is 95.1 Å². The van der Waals surface area contributed by atoms with Crippen LogP contribution < -0.4 is 10.6 Å². The molecular weight excluding hydrogens is 530 g/mol.